The Morgan fingerprint density at radius 1 is 1.38 bits per heavy atom. The number of ketones is 1. The van der Waals surface area contributed by atoms with Gasteiger partial charge in [0.2, 0.25) is 0 Å². The van der Waals surface area contributed by atoms with E-state index in [1.807, 2.05) is 0 Å². The zero-order valence-corrected chi connectivity index (χ0v) is 9.57. The van der Waals surface area contributed by atoms with Crippen LogP contribution in [0.3, 0.4) is 0 Å². The Labute approximate surface area is 98.3 Å². The van der Waals surface area contributed by atoms with Crippen LogP contribution in [-0.2, 0) is 0 Å². The van der Waals surface area contributed by atoms with Gasteiger partial charge in [-0.2, -0.15) is 12.6 Å². The lowest BCUT2D eigenvalue weighted by Crippen LogP contribution is -2.00. The highest BCUT2D eigenvalue weighted by Gasteiger charge is 2.11. The summed E-state index contributed by atoms with van der Waals surface area (Å²) in [5.41, 5.74) is -0.107. The Bertz CT molecular complexity index is 472. The molecule has 4 heteroatoms. The van der Waals surface area contributed by atoms with E-state index in [9.17, 15) is 13.6 Å². The Morgan fingerprint density at radius 2 is 2.06 bits per heavy atom. The first kappa shape index (κ1) is 12.7. The number of carbonyl (C=O) groups is 1. The fourth-order valence-corrected chi connectivity index (χ4v) is 1.24. The average Bonchev–Trinajstić information content (AvgIpc) is 2.21. The quantitative estimate of drug-likeness (QED) is 0.478. The Balaban J connectivity index is 3.16. The average molecular weight is 240 g/mol. The molecule has 84 valence electrons. The van der Waals surface area contributed by atoms with Crippen molar-refractivity contribution in [2.75, 3.05) is 5.75 Å². The standard InChI is InChI=1S/C12H10F2OS/c1-8(15)10-6-9(4-2-3-5-16)11(13)7-12(10)14/h6-7,16H,3,5H2,1H3. The summed E-state index contributed by atoms with van der Waals surface area (Å²) in [4.78, 5) is 11.0. The number of hydrogen-bond acceptors (Lipinski definition) is 2. The summed E-state index contributed by atoms with van der Waals surface area (Å²) in [6.45, 7) is 1.22. The molecule has 0 amide bonds. The van der Waals surface area contributed by atoms with Crippen LogP contribution < -0.4 is 0 Å². The van der Waals surface area contributed by atoms with Gasteiger partial charge in [-0.15, -0.1) is 0 Å². The molecule has 0 N–H and O–H groups in total. The van der Waals surface area contributed by atoms with Crippen molar-refractivity contribution in [1.29, 1.82) is 0 Å². The number of rotatable bonds is 2. The lowest BCUT2D eigenvalue weighted by molar-refractivity contribution is 0.101. The van der Waals surface area contributed by atoms with E-state index in [1.54, 1.807) is 0 Å². The molecule has 1 nitrogen and oxygen atoms in total. The molecule has 0 fully saturated rings. The minimum atomic E-state index is -0.857. The molecule has 0 saturated heterocycles. The summed E-state index contributed by atoms with van der Waals surface area (Å²) < 4.78 is 26.4. The van der Waals surface area contributed by atoms with E-state index in [0.29, 0.717) is 18.2 Å². The van der Waals surface area contributed by atoms with Crippen LogP contribution in [0.15, 0.2) is 12.1 Å². The topological polar surface area (TPSA) is 17.1 Å². The van der Waals surface area contributed by atoms with Gasteiger partial charge in [0.05, 0.1) is 11.1 Å². The molecule has 0 radical (unpaired) electrons. The highest BCUT2D eigenvalue weighted by atomic mass is 32.1. The molecule has 1 aromatic rings. The Hall–Kier alpha value is -1.34. The van der Waals surface area contributed by atoms with Crippen LogP contribution in [0.5, 0.6) is 0 Å². The molecule has 0 aliphatic heterocycles. The van der Waals surface area contributed by atoms with Gasteiger partial charge in [0, 0.05) is 18.2 Å². The molecule has 0 aliphatic carbocycles. The highest BCUT2D eigenvalue weighted by Crippen LogP contribution is 2.14. The maximum atomic E-state index is 13.2. The fourth-order valence-electron chi connectivity index (χ4n) is 1.13. The summed E-state index contributed by atoms with van der Waals surface area (Å²) in [5, 5.41) is 0. The summed E-state index contributed by atoms with van der Waals surface area (Å²) >= 11 is 3.95. The van der Waals surface area contributed by atoms with Gasteiger partial charge in [-0.3, -0.25) is 4.79 Å². The number of hydrogen-bond donors (Lipinski definition) is 1. The van der Waals surface area contributed by atoms with Gasteiger partial charge in [-0.05, 0) is 13.0 Å². The third kappa shape index (κ3) is 3.07. The first-order valence-electron chi connectivity index (χ1n) is 4.66. The molecule has 0 aliphatic rings. The normalized spacial score (nSPS) is 9.50. The van der Waals surface area contributed by atoms with Crippen molar-refractivity contribution in [3.05, 3.63) is 34.9 Å². The Kier molecular flexibility index (Phi) is 4.51. The molecule has 0 spiro atoms. The van der Waals surface area contributed by atoms with Crippen LogP contribution in [-0.4, -0.2) is 11.5 Å². The molecule has 0 bridgehead atoms. The van der Waals surface area contributed by atoms with Crippen molar-refractivity contribution in [2.24, 2.45) is 0 Å². The Morgan fingerprint density at radius 3 is 2.62 bits per heavy atom. The summed E-state index contributed by atoms with van der Waals surface area (Å²) in [6.07, 6.45) is 0.509. The van der Waals surface area contributed by atoms with Crippen molar-refractivity contribution in [3.8, 4) is 11.8 Å². The van der Waals surface area contributed by atoms with Gasteiger partial charge in [-0.25, -0.2) is 8.78 Å². The first-order chi connectivity index (χ1) is 7.56. The number of Topliss-reactive ketones (excluding diaryl/α,β-unsaturated/α-hetero) is 1. The van der Waals surface area contributed by atoms with Gasteiger partial charge in [0.1, 0.15) is 11.6 Å². The van der Waals surface area contributed by atoms with Crippen LogP contribution in [0.2, 0.25) is 0 Å². The van der Waals surface area contributed by atoms with Crippen molar-refractivity contribution in [3.63, 3.8) is 0 Å². The maximum Gasteiger partial charge on any atom is 0.162 e. The summed E-state index contributed by atoms with van der Waals surface area (Å²) in [5.74, 6) is 3.72. The zero-order valence-electron chi connectivity index (χ0n) is 8.68. The number of halogens is 2. The van der Waals surface area contributed by atoms with E-state index in [4.69, 9.17) is 0 Å². The van der Waals surface area contributed by atoms with E-state index in [2.05, 4.69) is 24.5 Å². The van der Waals surface area contributed by atoms with Crippen LogP contribution >= 0.6 is 12.6 Å². The number of benzene rings is 1. The lowest BCUT2D eigenvalue weighted by Gasteiger charge is -2.00. The summed E-state index contributed by atoms with van der Waals surface area (Å²) in [7, 11) is 0. The van der Waals surface area contributed by atoms with Gasteiger partial charge >= 0.3 is 0 Å². The largest absolute Gasteiger partial charge is 0.294 e. The molecule has 1 aromatic carbocycles. The predicted molar refractivity (Wildman–Crippen MR) is 61.7 cm³/mol. The van der Waals surface area contributed by atoms with Gasteiger partial charge < -0.3 is 0 Å². The van der Waals surface area contributed by atoms with E-state index >= 15 is 0 Å². The molecule has 1 rings (SSSR count). The van der Waals surface area contributed by atoms with Crippen LogP contribution in [0.1, 0.15) is 29.3 Å². The molecular weight excluding hydrogens is 230 g/mol. The molecule has 0 aromatic heterocycles. The molecule has 16 heavy (non-hydrogen) atoms. The zero-order chi connectivity index (χ0) is 12.1. The minimum Gasteiger partial charge on any atom is -0.294 e. The predicted octanol–water partition coefficient (Wildman–Crippen LogP) is 2.84. The lowest BCUT2D eigenvalue weighted by atomic mass is 10.1. The van der Waals surface area contributed by atoms with E-state index in [-0.39, 0.29) is 11.1 Å². The molecule has 0 saturated carbocycles. The smallest absolute Gasteiger partial charge is 0.162 e. The second-order valence-corrected chi connectivity index (χ2v) is 3.59. The van der Waals surface area contributed by atoms with Crippen LogP contribution in [0, 0.1) is 23.5 Å². The van der Waals surface area contributed by atoms with E-state index in [0.717, 1.165) is 6.07 Å². The third-order valence-electron chi connectivity index (χ3n) is 1.90. The molecule has 0 heterocycles. The number of thiol groups is 1. The van der Waals surface area contributed by atoms with Crippen molar-refractivity contribution in [2.45, 2.75) is 13.3 Å². The minimum absolute atomic E-state index is 0.0355. The van der Waals surface area contributed by atoms with Crippen molar-refractivity contribution in [1.82, 2.24) is 0 Å². The fraction of sp³-hybridized carbons (Fsp3) is 0.250. The maximum absolute atomic E-state index is 13.2. The van der Waals surface area contributed by atoms with Gasteiger partial charge in [0.25, 0.3) is 0 Å². The third-order valence-corrected chi connectivity index (χ3v) is 2.12. The SMILES string of the molecule is CC(=O)c1cc(C#CCCS)c(F)cc1F. The second-order valence-electron chi connectivity index (χ2n) is 3.14. The van der Waals surface area contributed by atoms with Crippen molar-refractivity contribution >= 4 is 18.4 Å². The second kappa shape index (κ2) is 5.66. The van der Waals surface area contributed by atoms with Crippen molar-refractivity contribution < 1.29 is 13.6 Å². The van der Waals surface area contributed by atoms with E-state index < -0.39 is 17.4 Å². The molecule has 0 unspecified atom stereocenters. The number of carbonyl (C=O) groups excluding carboxylic acids is 1. The van der Waals surface area contributed by atoms with Crippen LogP contribution in [0.4, 0.5) is 8.78 Å². The molecule has 0 atom stereocenters. The van der Waals surface area contributed by atoms with Gasteiger partial charge in [0.15, 0.2) is 5.78 Å². The summed E-state index contributed by atoms with van der Waals surface area (Å²) in [6, 6.07) is 1.82. The first-order valence-corrected chi connectivity index (χ1v) is 5.29. The monoisotopic (exact) mass is 240 g/mol. The molecular formula is C12H10F2OS. The van der Waals surface area contributed by atoms with E-state index in [1.165, 1.54) is 6.92 Å². The highest BCUT2D eigenvalue weighted by molar-refractivity contribution is 7.80. The van der Waals surface area contributed by atoms with Crippen LogP contribution in [0.25, 0.3) is 0 Å². The van der Waals surface area contributed by atoms with Gasteiger partial charge in [-0.1, -0.05) is 11.8 Å².